The summed E-state index contributed by atoms with van der Waals surface area (Å²) in [5.74, 6) is 0.857. The first-order chi connectivity index (χ1) is 14.3. The molecule has 0 aliphatic heterocycles. The fraction of sp³-hybridized carbons (Fsp3) is 0.333. The molecule has 30 heavy (non-hydrogen) atoms. The Hall–Kier alpha value is -2.94. The summed E-state index contributed by atoms with van der Waals surface area (Å²) in [5.41, 5.74) is 6.01. The number of hydrogen-bond acceptors (Lipinski definition) is 6. The molecule has 0 aliphatic carbocycles. The Kier molecular flexibility index (Phi) is 8.35. The molecular formula is C21H25BrN2O6. The zero-order valence-electron chi connectivity index (χ0n) is 17.5. The van der Waals surface area contributed by atoms with E-state index >= 15 is 0 Å². The summed E-state index contributed by atoms with van der Waals surface area (Å²) in [6, 6.07) is 8.64. The summed E-state index contributed by atoms with van der Waals surface area (Å²) in [6.45, 7) is 3.91. The molecule has 2 aromatic carbocycles. The molecule has 0 unspecified atom stereocenters. The Morgan fingerprint density at radius 3 is 2.07 bits per heavy atom. The second-order valence-electron chi connectivity index (χ2n) is 6.55. The van der Waals surface area contributed by atoms with E-state index in [9.17, 15) is 9.59 Å². The Morgan fingerprint density at radius 2 is 1.57 bits per heavy atom. The van der Waals surface area contributed by atoms with Crippen LogP contribution < -0.4 is 29.8 Å². The van der Waals surface area contributed by atoms with E-state index in [4.69, 9.17) is 18.9 Å². The molecule has 9 heteroatoms. The number of rotatable bonds is 8. The van der Waals surface area contributed by atoms with Gasteiger partial charge < -0.3 is 18.9 Å². The number of carbonyl (C=O) groups is 2. The first kappa shape index (κ1) is 23.3. The number of benzene rings is 2. The first-order valence-corrected chi connectivity index (χ1v) is 9.91. The van der Waals surface area contributed by atoms with E-state index in [1.54, 1.807) is 6.07 Å². The molecule has 2 amide bonds. The van der Waals surface area contributed by atoms with Crippen molar-refractivity contribution in [3.8, 4) is 23.0 Å². The molecule has 0 fully saturated rings. The van der Waals surface area contributed by atoms with E-state index in [2.05, 4.69) is 40.6 Å². The Balaban J connectivity index is 1.96. The summed E-state index contributed by atoms with van der Waals surface area (Å²) < 4.78 is 21.9. The fourth-order valence-corrected chi connectivity index (χ4v) is 3.09. The molecule has 0 aliphatic rings. The van der Waals surface area contributed by atoms with E-state index in [0.717, 1.165) is 10.0 Å². The van der Waals surface area contributed by atoms with Crippen molar-refractivity contribution in [1.82, 2.24) is 10.9 Å². The average Bonchev–Trinajstić information content (AvgIpc) is 2.75. The van der Waals surface area contributed by atoms with Gasteiger partial charge in [0.2, 0.25) is 5.75 Å². The number of halogens is 1. The third-order valence-electron chi connectivity index (χ3n) is 4.22. The average molecular weight is 481 g/mol. The van der Waals surface area contributed by atoms with Crippen LogP contribution in [0, 0.1) is 0 Å². The van der Waals surface area contributed by atoms with Crippen LogP contribution in [0.1, 0.15) is 35.7 Å². The first-order valence-electron chi connectivity index (χ1n) is 9.12. The van der Waals surface area contributed by atoms with Crippen LogP contribution in [-0.2, 0) is 4.79 Å². The third-order valence-corrected chi connectivity index (χ3v) is 4.84. The minimum absolute atomic E-state index is 0.220. The van der Waals surface area contributed by atoms with Gasteiger partial charge in [-0.3, -0.25) is 20.4 Å². The Morgan fingerprint density at radius 1 is 0.933 bits per heavy atom. The van der Waals surface area contributed by atoms with Crippen LogP contribution in [0.3, 0.4) is 0 Å². The molecule has 0 heterocycles. The molecule has 2 rings (SSSR count). The Bertz CT molecular complexity index is 891. The molecule has 0 saturated carbocycles. The van der Waals surface area contributed by atoms with Gasteiger partial charge in [0.1, 0.15) is 5.75 Å². The zero-order chi connectivity index (χ0) is 22.3. The van der Waals surface area contributed by atoms with Crippen molar-refractivity contribution in [2.45, 2.75) is 19.8 Å². The Labute approximate surface area is 183 Å². The lowest BCUT2D eigenvalue weighted by Crippen LogP contribution is -2.43. The summed E-state index contributed by atoms with van der Waals surface area (Å²) in [5, 5.41) is 0. The van der Waals surface area contributed by atoms with Gasteiger partial charge in [0.25, 0.3) is 11.8 Å². The SMILES string of the molecule is COc1cc(C(=O)NNC(=O)COc2ccc(C(C)C)cc2Br)cc(OC)c1OC. The van der Waals surface area contributed by atoms with Crippen molar-refractivity contribution in [1.29, 1.82) is 0 Å². The second-order valence-corrected chi connectivity index (χ2v) is 7.40. The maximum atomic E-state index is 12.4. The highest BCUT2D eigenvalue weighted by molar-refractivity contribution is 9.10. The van der Waals surface area contributed by atoms with E-state index in [1.165, 1.54) is 33.5 Å². The number of amides is 2. The highest BCUT2D eigenvalue weighted by Gasteiger charge is 2.17. The number of hydrogen-bond donors (Lipinski definition) is 2. The maximum Gasteiger partial charge on any atom is 0.276 e. The predicted molar refractivity (Wildman–Crippen MR) is 115 cm³/mol. The van der Waals surface area contributed by atoms with Crippen molar-refractivity contribution in [2.75, 3.05) is 27.9 Å². The summed E-state index contributed by atoms with van der Waals surface area (Å²) >= 11 is 3.44. The predicted octanol–water partition coefficient (Wildman–Crippen LogP) is 3.44. The molecule has 2 aromatic rings. The molecule has 162 valence electrons. The molecule has 8 nitrogen and oxygen atoms in total. The number of carbonyl (C=O) groups excluding carboxylic acids is 2. The second kappa shape index (κ2) is 10.7. The number of methoxy groups -OCH3 is 3. The van der Waals surface area contributed by atoms with Crippen molar-refractivity contribution < 1.29 is 28.5 Å². The van der Waals surface area contributed by atoms with Crippen LogP contribution >= 0.6 is 15.9 Å². The molecule has 0 saturated heterocycles. The van der Waals surface area contributed by atoms with Crippen LogP contribution in [0.4, 0.5) is 0 Å². The smallest absolute Gasteiger partial charge is 0.276 e. The minimum Gasteiger partial charge on any atom is -0.493 e. The number of hydrazine groups is 1. The van der Waals surface area contributed by atoms with Gasteiger partial charge in [0.15, 0.2) is 18.1 Å². The standard InChI is InChI=1S/C21H25BrN2O6/c1-12(2)13-6-7-16(15(22)8-13)30-11-19(25)23-24-21(26)14-9-17(27-3)20(29-5)18(10-14)28-4/h6-10,12H,11H2,1-5H3,(H,23,25)(H,24,26). The van der Waals surface area contributed by atoms with Crippen LogP contribution in [0.2, 0.25) is 0 Å². The van der Waals surface area contributed by atoms with Gasteiger partial charge in [-0.25, -0.2) is 0 Å². The molecule has 0 bridgehead atoms. The van der Waals surface area contributed by atoms with Crippen molar-refractivity contribution in [3.63, 3.8) is 0 Å². The highest BCUT2D eigenvalue weighted by atomic mass is 79.9. The lowest BCUT2D eigenvalue weighted by Gasteiger charge is -2.14. The lowest BCUT2D eigenvalue weighted by molar-refractivity contribution is -0.123. The van der Waals surface area contributed by atoms with Gasteiger partial charge in [-0.2, -0.15) is 0 Å². The van der Waals surface area contributed by atoms with Gasteiger partial charge in [-0.1, -0.05) is 19.9 Å². The van der Waals surface area contributed by atoms with E-state index in [-0.39, 0.29) is 12.2 Å². The summed E-state index contributed by atoms with van der Waals surface area (Å²) in [6.07, 6.45) is 0. The van der Waals surface area contributed by atoms with E-state index in [0.29, 0.717) is 28.9 Å². The monoisotopic (exact) mass is 480 g/mol. The third kappa shape index (κ3) is 5.79. The van der Waals surface area contributed by atoms with Crippen LogP contribution in [0.25, 0.3) is 0 Å². The van der Waals surface area contributed by atoms with Gasteiger partial charge in [0, 0.05) is 5.56 Å². The molecule has 0 atom stereocenters. The topological polar surface area (TPSA) is 95.1 Å². The van der Waals surface area contributed by atoms with E-state index < -0.39 is 11.8 Å². The van der Waals surface area contributed by atoms with Crippen LogP contribution in [0.15, 0.2) is 34.8 Å². The summed E-state index contributed by atoms with van der Waals surface area (Å²) in [4.78, 5) is 24.4. The lowest BCUT2D eigenvalue weighted by atomic mass is 10.0. The number of nitrogens with one attached hydrogen (secondary N) is 2. The minimum atomic E-state index is -0.551. The van der Waals surface area contributed by atoms with Gasteiger partial charge in [-0.15, -0.1) is 0 Å². The van der Waals surface area contributed by atoms with Crippen molar-refractivity contribution in [2.24, 2.45) is 0 Å². The largest absolute Gasteiger partial charge is 0.493 e. The quantitative estimate of drug-likeness (QED) is 0.561. The van der Waals surface area contributed by atoms with Gasteiger partial charge in [0.05, 0.1) is 25.8 Å². The zero-order valence-corrected chi connectivity index (χ0v) is 19.1. The van der Waals surface area contributed by atoms with Crippen molar-refractivity contribution in [3.05, 3.63) is 45.9 Å². The normalized spacial score (nSPS) is 10.4. The van der Waals surface area contributed by atoms with E-state index in [1.807, 2.05) is 12.1 Å². The molecule has 0 spiro atoms. The summed E-state index contributed by atoms with van der Waals surface area (Å²) in [7, 11) is 4.36. The highest BCUT2D eigenvalue weighted by Crippen LogP contribution is 2.38. The van der Waals surface area contributed by atoms with Crippen LogP contribution in [0.5, 0.6) is 23.0 Å². The number of ether oxygens (including phenoxy) is 4. The van der Waals surface area contributed by atoms with Gasteiger partial charge in [-0.05, 0) is 51.7 Å². The van der Waals surface area contributed by atoms with Gasteiger partial charge >= 0.3 is 0 Å². The molecule has 2 N–H and O–H groups in total. The molecule has 0 aromatic heterocycles. The fourth-order valence-electron chi connectivity index (χ4n) is 2.58. The molecule has 0 radical (unpaired) electrons. The van der Waals surface area contributed by atoms with Crippen LogP contribution in [-0.4, -0.2) is 39.8 Å². The maximum absolute atomic E-state index is 12.4. The van der Waals surface area contributed by atoms with Crippen molar-refractivity contribution >= 4 is 27.7 Å². The molecular weight excluding hydrogens is 456 g/mol.